The third kappa shape index (κ3) is 5.35. The average molecular weight is 414 g/mol. The van der Waals surface area contributed by atoms with Crippen molar-refractivity contribution in [1.29, 1.82) is 0 Å². The molecule has 7 heteroatoms. The molecule has 0 saturated heterocycles. The number of hydrogen-bond acceptors (Lipinski definition) is 5. The normalized spacial score (nSPS) is 11.9. The fourth-order valence-corrected chi connectivity index (χ4v) is 3.19. The van der Waals surface area contributed by atoms with Gasteiger partial charge in [-0.1, -0.05) is 28.9 Å². The number of nitrogens with zero attached hydrogens (tertiary/aromatic N) is 3. The van der Waals surface area contributed by atoms with Crippen LogP contribution in [0.15, 0.2) is 53.1 Å². The molecule has 6 nitrogen and oxygen atoms in total. The van der Waals surface area contributed by atoms with E-state index in [0.717, 1.165) is 16.9 Å². The van der Waals surface area contributed by atoms with Crippen LogP contribution in [0.2, 0.25) is 5.02 Å². The molecular weight excluding hydrogens is 390 g/mol. The molecule has 0 bridgehead atoms. The Morgan fingerprint density at radius 1 is 1.24 bits per heavy atom. The molecule has 0 fully saturated rings. The lowest BCUT2D eigenvalue weighted by molar-refractivity contribution is -0.131. The molecule has 3 rings (SSSR count). The Morgan fingerprint density at radius 2 is 2.00 bits per heavy atom. The zero-order valence-electron chi connectivity index (χ0n) is 16.8. The first-order valence-corrected chi connectivity index (χ1v) is 9.84. The number of amides is 1. The van der Waals surface area contributed by atoms with E-state index in [9.17, 15) is 4.79 Å². The predicted molar refractivity (Wildman–Crippen MR) is 112 cm³/mol. The summed E-state index contributed by atoms with van der Waals surface area (Å²) in [7, 11) is 3.43. The second-order valence-electron chi connectivity index (χ2n) is 6.83. The Morgan fingerprint density at radius 3 is 2.69 bits per heavy atom. The van der Waals surface area contributed by atoms with Gasteiger partial charge in [-0.05, 0) is 55.3 Å². The van der Waals surface area contributed by atoms with Crippen molar-refractivity contribution >= 4 is 17.5 Å². The second-order valence-corrected chi connectivity index (χ2v) is 7.27. The molecule has 1 unspecified atom stereocenters. The number of hydrogen-bond donors (Lipinski definition) is 0. The van der Waals surface area contributed by atoms with E-state index >= 15 is 0 Å². The van der Waals surface area contributed by atoms with Crippen LogP contribution in [0.5, 0.6) is 5.75 Å². The molecule has 0 saturated carbocycles. The van der Waals surface area contributed by atoms with Crippen LogP contribution in [0.4, 0.5) is 0 Å². The summed E-state index contributed by atoms with van der Waals surface area (Å²) in [4.78, 5) is 18.7. The van der Waals surface area contributed by atoms with Gasteiger partial charge in [0.15, 0.2) is 0 Å². The summed E-state index contributed by atoms with van der Waals surface area (Å²) in [6, 6.07) is 15.0. The maximum atomic E-state index is 12.5. The maximum absolute atomic E-state index is 12.5. The molecule has 0 aliphatic carbocycles. The van der Waals surface area contributed by atoms with Crippen molar-refractivity contribution < 1.29 is 14.1 Å². The van der Waals surface area contributed by atoms with Crippen LogP contribution in [-0.2, 0) is 11.2 Å². The van der Waals surface area contributed by atoms with E-state index in [2.05, 4.69) is 10.1 Å². The van der Waals surface area contributed by atoms with E-state index in [-0.39, 0.29) is 11.9 Å². The molecule has 1 atom stereocenters. The van der Waals surface area contributed by atoms with Crippen LogP contribution < -0.4 is 4.74 Å². The summed E-state index contributed by atoms with van der Waals surface area (Å²) in [5.74, 6) is 1.88. The van der Waals surface area contributed by atoms with Gasteiger partial charge in [0.2, 0.25) is 17.6 Å². The Labute approximate surface area is 175 Å². The van der Waals surface area contributed by atoms with Crippen molar-refractivity contribution in [3.8, 4) is 17.1 Å². The zero-order valence-corrected chi connectivity index (χ0v) is 17.5. The molecule has 0 spiro atoms. The Kier molecular flexibility index (Phi) is 6.88. The molecule has 29 heavy (non-hydrogen) atoms. The molecule has 1 amide bonds. The molecule has 2 aromatic carbocycles. The highest BCUT2D eigenvalue weighted by Crippen LogP contribution is 2.23. The number of halogens is 1. The van der Waals surface area contributed by atoms with Gasteiger partial charge in [0.1, 0.15) is 5.75 Å². The molecule has 0 N–H and O–H groups in total. The summed E-state index contributed by atoms with van der Waals surface area (Å²) in [5.41, 5.74) is 1.86. The smallest absolute Gasteiger partial charge is 0.226 e. The third-order valence-corrected chi connectivity index (χ3v) is 5.14. The second kappa shape index (κ2) is 9.56. The van der Waals surface area contributed by atoms with Gasteiger partial charge in [-0.25, -0.2) is 0 Å². The van der Waals surface area contributed by atoms with Crippen LogP contribution in [-0.4, -0.2) is 35.1 Å². The summed E-state index contributed by atoms with van der Waals surface area (Å²) in [5, 5.41) is 4.68. The summed E-state index contributed by atoms with van der Waals surface area (Å²) < 4.78 is 10.5. The number of carbonyl (C=O) groups excluding carboxylic acids is 1. The molecule has 0 aliphatic heterocycles. The Bertz CT molecular complexity index is 956. The number of ether oxygens (including phenoxy) is 1. The van der Waals surface area contributed by atoms with Gasteiger partial charge >= 0.3 is 0 Å². The topological polar surface area (TPSA) is 68.5 Å². The summed E-state index contributed by atoms with van der Waals surface area (Å²) in [6.45, 7) is 1.99. The predicted octanol–water partition coefficient (Wildman–Crippen LogP) is 4.94. The van der Waals surface area contributed by atoms with E-state index in [1.807, 2.05) is 62.5 Å². The van der Waals surface area contributed by atoms with E-state index < -0.39 is 0 Å². The first-order chi connectivity index (χ1) is 14.0. The van der Waals surface area contributed by atoms with E-state index in [0.29, 0.717) is 36.0 Å². The van der Waals surface area contributed by atoms with Gasteiger partial charge in [0, 0.05) is 30.5 Å². The highest BCUT2D eigenvalue weighted by Gasteiger charge is 2.18. The Balaban J connectivity index is 1.51. The van der Waals surface area contributed by atoms with Gasteiger partial charge in [0.05, 0.1) is 13.2 Å². The minimum atomic E-state index is -0.0497. The maximum Gasteiger partial charge on any atom is 0.226 e. The first kappa shape index (κ1) is 20.9. The minimum absolute atomic E-state index is 0.0497. The van der Waals surface area contributed by atoms with Crippen molar-refractivity contribution in [2.45, 2.75) is 32.2 Å². The van der Waals surface area contributed by atoms with Gasteiger partial charge < -0.3 is 14.2 Å². The number of methoxy groups -OCH3 is 1. The number of rotatable bonds is 8. The van der Waals surface area contributed by atoms with E-state index in [4.69, 9.17) is 20.9 Å². The van der Waals surface area contributed by atoms with Crippen LogP contribution in [0.1, 0.15) is 37.3 Å². The largest absolute Gasteiger partial charge is 0.497 e. The zero-order chi connectivity index (χ0) is 20.8. The van der Waals surface area contributed by atoms with Crippen molar-refractivity contribution in [2.75, 3.05) is 14.2 Å². The molecule has 0 radical (unpaired) electrons. The van der Waals surface area contributed by atoms with Gasteiger partial charge in [-0.2, -0.15) is 4.98 Å². The Hall–Kier alpha value is -2.86. The summed E-state index contributed by atoms with van der Waals surface area (Å²) in [6.07, 6.45) is 1.59. The molecule has 0 aliphatic rings. The molecule has 1 heterocycles. The number of carbonyl (C=O) groups is 1. The molecular formula is C22H24ClN3O3. The van der Waals surface area contributed by atoms with Crippen molar-refractivity contribution in [3.63, 3.8) is 0 Å². The fourth-order valence-electron chi connectivity index (χ4n) is 2.99. The molecule has 3 aromatic rings. The van der Waals surface area contributed by atoms with Gasteiger partial charge in [-0.15, -0.1) is 0 Å². The lowest BCUT2D eigenvalue weighted by Crippen LogP contribution is -2.29. The minimum Gasteiger partial charge on any atom is -0.497 e. The third-order valence-electron chi connectivity index (χ3n) is 4.90. The van der Waals surface area contributed by atoms with Crippen LogP contribution in [0.3, 0.4) is 0 Å². The fraction of sp³-hybridized carbons (Fsp3) is 0.318. The standard InChI is InChI=1S/C22H24ClN3O3/c1-15(17-6-4-7-18(23)14-17)26(2)21(27)9-5-8-20-24-22(25-29-20)16-10-12-19(28-3)13-11-16/h4,6-7,10-15H,5,8-9H2,1-3H3. The highest BCUT2D eigenvalue weighted by atomic mass is 35.5. The van der Waals surface area contributed by atoms with Crippen LogP contribution in [0, 0.1) is 0 Å². The van der Waals surface area contributed by atoms with E-state index in [1.54, 1.807) is 12.0 Å². The number of aryl methyl sites for hydroxylation is 1. The number of benzene rings is 2. The van der Waals surface area contributed by atoms with Gasteiger partial charge in [-0.3, -0.25) is 4.79 Å². The SMILES string of the molecule is COc1ccc(-c2noc(CCCC(=O)N(C)C(C)c3cccc(Cl)c3)n2)cc1. The highest BCUT2D eigenvalue weighted by molar-refractivity contribution is 6.30. The average Bonchev–Trinajstić information content (AvgIpc) is 3.21. The summed E-state index contributed by atoms with van der Waals surface area (Å²) >= 11 is 6.05. The van der Waals surface area contributed by atoms with E-state index in [1.165, 1.54) is 0 Å². The number of aromatic nitrogens is 2. The molecule has 152 valence electrons. The van der Waals surface area contributed by atoms with Crippen molar-refractivity contribution in [1.82, 2.24) is 15.0 Å². The van der Waals surface area contributed by atoms with Crippen molar-refractivity contribution in [2.24, 2.45) is 0 Å². The lowest BCUT2D eigenvalue weighted by atomic mass is 10.1. The quantitative estimate of drug-likeness (QED) is 0.523. The van der Waals surface area contributed by atoms with Gasteiger partial charge in [0.25, 0.3) is 0 Å². The van der Waals surface area contributed by atoms with Crippen molar-refractivity contribution in [3.05, 3.63) is 65.0 Å². The monoisotopic (exact) mass is 413 g/mol. The molecule has 1 aromatic heterocycles. The lowest BCUT2D eigenvalue weighted by Gasteiger charge is -2.25. The van der Waals surface area contributed by atoms with Crippen LogP contribution in [0.25, 0.3) is 11.4 Å². The van der Waals surface area contributed by atoms with Crippen LogP contribution >= 0.6 is 11.6 Å². The first-order valence-electron chi connectivity index (χ1n) is 9.46.